The first-order chi connectivity index (χ1) is 13.5. The molecule has 0 spiro atoms. The molecule has 1 aromatic heterocycles. The second-order valence-electron chi connectivity index (χ2n) is 6.75. The number of amides is 1. The number of hydrogen-bond acceptors (Lipinski definition) is 4. The summed E-state index contributed by atoms with van der Waals surface area (Å²) in [6.07, 6.45) is 0. The van der Waals surface area contributed by atoms with Gasteiger partial charge in [-0.3, -0.25) is 9.79 Å². The molecule has 0 atom stereocenters. The highest BCUT2D eigenvalue weighted by molar-refractivity contribution is 7.07. The van der Waals surface area contributed by atoms with E-state index in [-0.39, 0.29) is 5.91 Å². The molecular weight excluding hydrogens is 368 g/mol. The van der Waals surface area contributed by atoms with Gasteiger partial charge in [0, 0.05) is 30.1 Å². The minimum Gasteiger partial charge on any atom is -0.307 e. The average molecular weight is 391 g/mol. The number of para-hydroxylation sites is 1. The van der Waals surface area contributed by atoms with Gasteiger partial charge in [-0.05, 0) is 44.0 Å². The van der Waals surface area contributed by atoms with Crippen LogP contribution in [0.4, 0.5) is 5.69 Å². The Bertz CT molecular complexity index is 1170. The molecule has 1 amide bonds. The third kappa shape index (κ3) is 2.90. The Kier molecular flexibility index (Phi) is 4.73. The fraction of sp³-hybridized carbons (Fsp3) is 0.227. The fourth-order valence-corrected chi connectivity index (χ4v) is 4.22. The molecule has 0 radical (unpaired) electrons. The second kappa shape index (κ2) is 7.20. The van der Waals surface area contributed by atoms with E-state index in [0.29, 0.717) is 12.3 Å². The number of fused-ring (bicyclic) bond motifs is 1. The standard InChI is InChI=1S/C22H22N4OS/c1-5-25-18-9-7-6-8-17(18)20(21(25)27)24-26-19(13-28-22(26)23-4)16-11-10-14(2)15(3)12-16/h6-13H,5H2,1-4H3. The maximum absolute atomic E-state index is 13.0. The van der Waals surface area contributed by atoms with Gasteiger partial charge in [0.1, 0.15) is 0 Å². The Balaban J connectivity index is 1.92. The van der Waals surface area contributed by atoms with E-state index in [1.807, 2.05) is 36.6 Å². The molecule has 0 aliphatic carbocycles. The van der Waals surface area contributed by atoms with Crippen molar-refractivity contribution in [2.45, 2.75) is 20.8 Å². The number of thiazole rings is 1. The molecule has 28 heavy (non-hydrogen) atoms. The van der Waals surface area contributed by atoms with E-state index >= 15 is 0 Å². The van der Waals surface area contributed by atoms with Gasteiger partial charge in [-0.2, -0.15) is 5.10 Å². The summed E-state index contributed by atoms with van der Waals surface area (Å²) in [5, 5.41) is 6.84. The lowest BCUT2D eigenvalue weighted by molar-refractivity contribution is -0.112. The normalized spacial score (nSPS) is 15.6. The fourth-order valence-electron chi connectivity index (χ4n) is 3.42. The van der Waals surface area contributed by atoms with E-state index in [9.17, 15) is 4.79 Å². The molecule has 6 heteroatoms. The summed E-state index contributed by atoms with van der Waals surface area (Å²) < 4.78 is 1.79. The number of anilines is 1. The van der Waals surface area contributed by atoms with Crippen LogP contribution in [0.2, 0.25) is 0 Å². The first kappa shape index (κ1) is 18.4. The van der Waals surface area contributed by atoms with Gasteiger partial charge in [-0.1, -0.05) is 30.3 Å². The Hall–Kier alpha value is -2.99. The van der Waals surface area contributed by atoms with Crippen molar-refractivity contribution in [3.05, 3.63) is 69.3 Å². The molecule has 2 heterocycles. The number of carbonyl (C=O) groups excluding carboxylic acids is 1. The number of carbonyl (C=O) groups is 1. The molecule has 0 N–H and O–H groups in total. The highest BCUT2D eigenvalue weighted by atomic mass is 32.1. The zero-order chi connectivity index (χ0) is 19.8. The Morgan fingerprint density at radius 3 is 2.57 bits per heavy atom. The van der Waals surface area contributed by atoms with E-state index in [4.69, 9.17) is 5.10 Å². The van der Waals surface area contributed by atoms with Crippen LogP contribution in [0.15, 0.2) is 57.9 Å². The molecule has 0 saturated heterocycles. The van der Waals surface area contributed by atoms with Crippen molar-refractivity contribution >= 4 is 28.6 Å². The van der Waals surface area contributed by atoms with Crippen LogP contribution in [0.3, 0.4) is 0 Å². The van der Waals surface area contributed by atoms with E-state index in [2.05, 4.69) is 37.0 Å². The van der Waals surface area contributed by atoms with Crippen LogP contribution in [0, 0.1) is 13.8 Å². The molecule has 1 aliphatic rings. The minimum atomic E-state index is -0.0736. The molecule has 1 aliphatic heterocycles. The number of benzene rings is 2. The summed E-state index contributed by atoms with van der Waals surface area (Å²) in [4.78, 5) is 19.9. The number of nitrogens with zero attached hydrogens (tertiary/aromatic N) is 4. The number of aryl methyl sites for hydroxylation is 2. The third-order valence-corrected chi connectivity index (χ3v) is 6.00. The van der Waals surface area contributed by atoms with Crippen molar-refractivity contribution in [1.29, 1.82) is 0 Å². The Labute approximate surface area is 168 Å². The lowest BCUT2D eigenvalue weighted by Gasteiger charge is -2.13. The number of aromatic nitrogens is 1. The molecule has 142 valence electrons. The van der Waals surface area contributed by atoms with E-state index in [0.717, 1.165) is 27.3 Å². The van der Waals surface area contributed by atoms with Crippen LogP contribution >= 0.6 is 11.3 Å². The van der Waals surface area contributed by atoms with Gasteiger partial charge >= 0.3 is 0 Å². The summed E-state index contributed by atoms with van der Waals surface area (Å²) in [5.41, 5.74) is 6.68. The van der Waals surface area contributed by atoms with Crippen LogP contribution in [0.25, 0.3) is 11.3 Å². The maximum atomic E-state index is 13.0. The molecule has 3 aromatic rings. The summed E-state index contributed by atoms with van der Waals surface area (Å²) >= 11 is 1.52. The summed E-state index contributed by atoms with van der Waals surface area (Å²) in [6, 6.07) is 14.1. The maximum Gasteiger partial charge on any atom is 0.279 e. The topological polar surface area (TPSA) is 50.0 Å². The van der Waals surface area contributed by atoms with E-state index < -0.39 is 0 Å². The molecular formula is C22H22N4OS. The number of rotatable bonds is 3. The van der Waals surface area contributed by atoms with Gasteiger partial charge in [0.05, 0.1) is 11.4 Å². The van der Waals surface area contributed by atoms with Gasteiger partial charge in [-0.15, -0.1) is 11.3 Å². The zero-order valence-corrected chi connectivity index (χ0v) is 17.2. The predicted molar refractivity (Wildman–Crippen MR) is 115 cm³/mol. The lowest BCUT2D eigenvalue weighted by atomic mass is 10.1. The van der Waals surface area contributed by atoms with Crippen molar-refractivity contribution in [1.82, 2.24) is 4.68 Å². The average Bonchev–Trinajstić information content (AvgIpc) is 3.23. The summed E-state index contributed by atoms with van der Waals surface area (Å²) in [6.45, 7) is 6.78. The van der Waals surface area contributed by atoms with Crippen LogP contribution in [-0.2, 0) is 4.79 Å². The van der Waals surface area contributed by atoms with Crippen molar-refractivity contribution < 1.29 is 4.79 Å². The van der Waals surface area contributed by atoms with Crippen LogP contribution in [0.5, 0.6) is 0 Å². The van der Waals surface area contributed by atoms with Gasteiger partial charge < -0.3 is 4.90 Å². The summed E-state index contributed by atoms with van der Waals surface area (Å²) in [7, 11) is 1.75. The Morgan fingerprint density at radius 1 is 1.07 bits per heavy atom. The molecule has 0 saturated carbocycles. The molecule has 0 bridgehead atoms. The van der Waals surface area contributed by atoms with Gasteiger partial charge in [0.25, 0.3) is 5.91 Å². The van der Waals surface area contributed by atoms with Gasteiger partial charge in [0.15, 0.2) is 5.71 Å². The Morgan fingerprint density at radius 2 is 1.86 bits per heavy atom. The largest absolute Gasteiger partial charge is 0.307 e. The minimum absolute atomic E-state index is 0.0736. The smallest absolute Gasteiger partial charge is 0.279 e. The van der Waals surface area contributed by atoms with Crippen molar-refractivity contribution in [3.8, 4) is 11.3 Å². The second-order valence-corrected chi connectivity index (χ2v) is 7.59. The molecule has 5 nitrogen and oxygen atoms in total. The first-order valence-corrected chi connectivity index (χ1v) is 10.1. The quantitative estimate of drug-likeness (QED) is 0.667. The lowest BCUT2D eigenvalue weighted by Crippen LogP contribution is -2.30. The summed E-state index contributed by atoms with van der Waals surface area (Å²) in [5.74, 6) is -0.0736. The van der Waals surface area contributed by atoms with Gasteiger partial charge in [-0.25, -0.2) is 4.68 Å². The molecule has 4 rings (SSSR count). The van der Waals surface area contributed by atoms with Crippen molar-refractivity contribution in [3.63, 3.8) is 0 Å². The van der Waals surface area contributed by atoms with Gasteiger partial charge in [0.2, 0.25) is 4.80 Å². The molecule has 0 unspecified atom stereocenters. The highest BCUT2D eigenvalue weighted by Gasteiger charge is 2.33. The third-order valence-electron chi connectivity index (χ3n) is 5.09. The zero-order valence-electron chi connectivity index (χ0n) is 16.4. The number of hydrogen-bond donors (Lipinski definition) is 0. The van der Waals surface area contributed by atoms with Crippen LogP contribution < -0.4 is 9.70 Å². The monoisotopic (exact) mass is 390 g/mol. The van der Waals surface area contributed by atoms with Crippen LogP contribution in [-0.4, -0.2) is 29.9 Å². The predicted octanol–water partition coefficient (Wildman–Crippen LogP) is 3.98. The van der Waals surface area contributed by atoms with E-state index in [1.165, 1.54) is 22.5 Å². The first-order valence-electron chi connectivity index (χ1n) is 9.26. The van der Waals surface area contributed by atoms with E-state index in [1.54, 1.807) is 16.6 Å². The van der Waals surface area contributed by atoms with Crippen molar-refractivity contribution in [2.24, 2.45) is 10.1 Å². The number of likely N-dealkylation sites (N-methyl/N-ethyl adjacent to an activating group) is 1. The molecule has 2 aromatic carbocycles. The molecule has 0 fully saturated rings. The SMILES string of the molecule is CCN1C(=O)C(=Nn2c(-c3ccc(C)c(C)c3)csc2=NC)c2ccccc21. The van der Waals surface area contributed by atoms with Crippen LogP contribution in [0.1, 0.15) is 23.6 Å². The van der Waals surface area contributed by atoms with Crippen molar-refractivity contribution in [2.75, 3.05) is 18.5 Å². The highest BCUT2D eigenvalue weighted by Crippen LogP contribution is 2.30.